The Hall–Kier alpha value is -2.27. The van der Waals surface area contributed by atoms with E-state index >= 15 is 0 Å². The molecule has 1 saturated heterocycles. The number of rotatable bonds is 4. The van der Waals surface area contributed by atoms with Crippen LogP contribution in [0.25, 0.3) is 0 Å². The first-order valence-electron chi connectivity index (χ1n) is 13.0. The monoisotopic (exact) mass is 341 g/mol. The van der Waals surface area contributed by atoms with Gasteiger partial charge in [-0.3, -0.25) is 0 Å². The van der Waals surface area contributed by atoms with Crippen LogP contribution in [0.4, 0.5) is 4.39 Å². The van der Waals surface area contributed by atoms with E-state index in [-0.39, 0.29) is 17.2 Å². The molecule has 0 radical (unpaired) electrons. The summed E-state index contributed by atoms with van der Waals surface area (Å²) in [6, 6.07) is -0.813. The summed E-state index contributed by atoms with van der Waals surface area (Å²) in [6.45, 7) is -7.18. The van der Waals surface area contributed by atoms with Crippen LogP contribution in [-0.4, -0.2) is 26.4 Å². The third-order valence-corrected chi connectivity index (χ3v) is 3.34. The van der Waals surface area contributed by atoms with Crippen LogP contribution in [-0.2, 0) is 0 Å². The Morgan fingerprint density at radius 3 is 3.00 bits per heavy atom. The van der Waals surface area contributed by atoms with Crippen molar-refractivity contribution in [3.8, 4) is 17.2 Å². The first-order valence-corrected chi connectivity index (χ1v) is 7.05. The smallest absolute Gasteiger partial charge is 0.231 e. The van der Waals surface area contributed by atoms with Gasteiger partial charge in [0.2, 0.25) is 6.75 Å². The fourth-order valence-electron chi connectivity index (χ4n) is 2.23. The zero-order valence-electron chi connectivity index (χ0n) is 24.2. The molecule has 2 aromatic carbocycles. The van der Waals surface area contributed by atoms with Crippen molar-refractivity contribution in [1.29, 1.82) is 0 Å². The molecule has 1 N–H and O–H groups in total. The average Bonchev–Trinajstić information content (AvgIpc) is 3.10. The van der Waals surface area contributed by atoms with Gasteiger partial charge < -0.3 is 19.5 Å². The Labute approximate surface area is 157 Å². The summed E-state index contributed by atoms with van der Waals surface area (Å²) in [5.41, 5.74) is -0.980. The summed E-state index contributed by atoms with van der Waals surface area (Å²) in [7, 11) is 0. The summed E-state index contributed by atoms with van der Waals surface area (Å²) in [6.07, 6.45) is -2.85. The second kappa shape index (κ2) is 6.69. The van der Waals surface area contributed by atoms with Crippen LogP contribution >= 0.6 is 0 Å². The van der Waals surface area contributed by atoms with Crippen molar-refractivity contribution >= 4 is 0 Å². The number of piperidine rings is 1. The minimum absolute atomic E-state index is 0.0451. The molecule has 2 aromatic rings. The number of ether oxygens (including phenoxy) is 3. The lowest BCUT2D eigenvalue weighted by Gasteiger charge is -2.32. The number of fused-ring (bicyclic) bond motifs is 1. The summed E-state index contributed by atoms with van der Waals surface area (Å²) in [4.78, 5) is 0. The third-order valence-electron chi connectivity index (χ3n) is 3.34. The van der Waals surface area contributed by atoms with Crippen LogP contribution in [0.15, 0.2) is 42.4 Å². The molecule has 2 heterocycles. The summed E-state index contributed by atoms with van der Waals surface area (Å²) in [5.74, 6) is -7.72. The van der Waals surface area contributed by atoms with Crippen molar-refractivity contribution < 1.29 is 35.1 Å². The molecule has 2 aliphatic heterocycles. The molecule has 0 amide bonds. The van der Waals surface area contributed by atoms with Gasteiger partial charge in [-0.15, -0.1) is 0 Å². The van der Waals surface area contributed by atoms with Gasteiger partial charge in [0, 0.05) is 26.7 Å². The van der Waals surface area contributed by atoms with E-state index in [1.54, 1.807) is 0 Å². The van der Waals surface area contributed by atoms with Crippen LogP contribution in [0, 0.1) is 11.7 Å². The molecule has 2 atom stereocenters. The fraction of sp³-hybridized carbons (Fsp3) is 0.368. The van der Waals surface area contributed by atoms with Gasteiger partial charge in [-0.2, -0.15) is 0 Å². The van der Waals surface area contributed by atoms with Gasteiger partial charge in [0.05, 0.1) is 12.1 Å². The first kappa shape index (κ1) is 6.92. The van der Waals surface area contributed by atoms with E-state index in [4.69, 9.17) is 30.7 Å². The number of benzene rings is 2. The lowest BCUT2D eigenvalue weighted by Crippen LogP contribution is -2.38. The maximum absolute atomic E-state index is 14.2. The third kappa shape index (κ3) is 3.17. The number of halogens is 1. The molecule has 1 unspecified atom stereocenters. The van der Waals surface area contributed by atoms with E-state index in [2.05, 4.69) is 5.32 Å². The van der Waals surface area contributed by atoms with Crippen molar-refractivity contribution in [3.05, 3.63) is 53.7 Å². The minimum Gasteiger partial charge on any atom is -0.493 e. The van der Waals surface area contributed by atoms with Crippen LogP contribution in [0.2, 0.25) is 0 Å². The SMILES string of the molecule is [2H]c1c([2H])c(C2([2H])C([2H])([2H])CNC([2H])([2H])[C@]2([2H])COc2ccc3c(c2)OC([2H])([2H])O3)c([2H])c([2H])c1F. The molecular weight excluding hydrogens is 309 g/mol. The van der Waals surface area contributed by atoms with Crippen molar-refractivity contribution in [3.63, 3.8) is 0 Å². The Morgan fingerprint density at radius 2 is 2.12 bits per heavy atom. The lowest BCUT2D eigenvalue weighted by atomic mass is 9.81. The highest BCUT2D eigenvalue weighted by molar-refractivity contribution is 5.46. The average molecular weight is 341 g/mol. The molecule has 2 aliphatic rings. The van der Waals surface area contributed by atoms with Crippen LogP contribution in [0.3, 0.4) is 0 Å². The molecule has 0 aliphatic carbocycles. The second-order valence-corrected chi connectivity index (χ2v) is 4.88. The maximum Gasteiger partial charge on any atom is 0.231 e. The molecule has 5 heteroatoms. The Balaban J connectivity index is 1.84. The normalized spacial score (nSPS) is 42.0. The molecule has 0 bridgehead atoms. The van der Waals surface area contributed by atoms with Gasteiger partial charge in [0.1, 0.15) is 14.3 Å². The first-order chi connectivity index (χ1) is 16.4. The molecule has 24 heavy (non-hydrogen) atoms. The predicted molar refractivity (Wildman–Crippen MR) is 88.2 cm³/mol. The largest absolute Gasteiger partial charge is 0.493 e. The Morgan fingerprint density at radius 1 is 1.29 bits per heavy atom. The molecule has 4 rings (SSSR count). The lowest BCUT2D eigenvalue weighted by molar-refractivity contribution is 0.173. The van der Waals surface area contributed by atoms with E-state index in [9.17, 15) is 4.39 Å². The highest BCUT2D eigenvalue weighted by atomic mass is 19.1. The Bertz CT molecular complexity index is 1220. The molecule has 1 fully saturated rings. The van der Waals surface area contributed by atoms with Crippen molar-refractivity contribution in [2.75, 3.05) is 26.4 Å². The van der Waals surface area contributed by atoms with Gasteiger partial charge in [-0.05, 0) is 48.6 Å². The summed E-state index contributed by atoms with van der Waals surface area (Å²) < 4.78 is 129. The molecule has 4 nitrogen and oxygen atoms in total. The van der Waals surface area contributed by atoms with Gasteiger partial charge in [0.15, 0.2) is 11.5 Å². The number of hydrogen-bond acceptors (Lipinski definition) is 4. The standard InChI is InChI=1S/C19H20FNO3/c20-15-3-1-13(2-4-15)17-7-8-21-10-14(17)11-22-16-5-6-18-19(9-16)24-12-23-18/h1-6,9,14,17,21H,7-8,10-12H2/t14-,17?/m1/s1/i1D,2D,3D,4D,7D2,10D2,12D2,14D,17D. The van der Waals surface area contributed by atoms with Gasteiger partial charge in [-0.25, -0.2) is 4.39 Å². The van der Waals surface area contributed by atoms with Crippen molar-refractivity contribution in [2.24, 2.45) is 5.89 Å². The highest BCUT2D eigenvalue weighted by Gasteiger charge is 2.27. The molecule has 0 saturated carbocycles. The maximum atomic E-state index is 14.2. The van der Waals surface area contributed by atoms with Crippen molar-refractivity contribution in [1.82, 2.24) is 5.32 Å². The summed E-state index contributed by atoms with van der Waals surface area (Å²) >= 11 is 0. The van der Waals surface area contributed by atoms with E-state index in [0.717, 1.165) is 0 Å². The summed E-state index contributed by atoms with van der Waals surface area (Å²) in [5, 5.41) is 2.22. The Kier molecular flexibility index (Phi) is 1.93. The van der Waals surface area contributed by atoms with Gasteiger partial charge in [-0.1, -0.05) is 12.1 Å². The fourth-order valence-corrected chi connectivity index (χ4v) is 2.23. The van der Waals surface area contributed by atoms with Crippen molar-refractivity contribution in [2.45, 2.75) is 12.3 Å². The zero-order valence-corrected chi connectivity index (χ0v) is 12.2. The number of hydrogen-bond donors (Lipinski definition) is 1. The highest BCUT2D eigenvalue weighted by Crippen LogP contribution is 2.36. The zero-order chi connectivity index (χ0) is 27.1. The van der Waals surface area contributed by atoms with E-state index < -0.39 is 80.1 Å². The number of nitrogens with one attached hydrogen (secondary N) is 1. The quantitative estimate of drug-likeness (QED) is 0.926. The van der Waals surface area contributed by atoms with Crippen LogP contribution < -0.4 is 19.5 Å². The second-order valence-electron chi connectivity index (χ2n) is 4.88. The molecule has 0 aromatic heterocycles. The van der Waals surface area contributed by atoms with Crippen LogP contribution in [0.5, 0.6) is 17.2 Å². The van der Waals surface area contributed by atoms with E-state index in [1.807, 2.05) is 0 Å². The molecular formula is C19H20FNO3. The van der Waals surface area contributed by atoms with E-state index in [1.165, 1.54) is 18.2 Å². The minimum atomic E-state index is -3.13. The molecule has 0 spiro atoms. The van der Waals surface area contributed by atoms with Gasteiger partial charge in [0.25, 0.3) is 0 Å². The van der Waals surface area contributed by atoms with Crippen LogP contribution in [0.1, 0.15) is 34.3 Å². The van der Waals surface area contributed by atoms with Gasteiger partial charge >= 0.3 is 0 Å². The predicted octanol–water partition coefficient (Wildman–Crippen LogP) is 3.33. The topological polar surface area (TPSA) is 39.7 Å². The van der Waals surface area contributed by atoms with E-state index in [0.29, 0.717) is 0 Å². The molecule has 126 valence electrons.